The Labute approximate surface area is 115 Å². The summed E-state index contributed by atoms with van der Waals surface area (Å²) in [6.07, 6.45) is 3.51. The van der Waals surface area contributed by atoms with Crippen LogP contribution in [0.4, 0.5) is 5.69 Å². The molecule has 0 unspecified atom stereocenters. The van der Waals surface area contributed by atoms with Gasteiger partial charge in [-0.25, -0.2) is 0 Å². The van der Waals surface area contributed by atoms with Gasteiger partial charge in [-0.3, -0.25) is 0 Å². The first kappa shape index (κ1) is 14.2. The highest BCUT2D eigenvalue weighted by Crippen LogP contribution is 2.32. The van der Waals surface area contributed by atoms with Crippen molar-refractivity contribution in [3.05, 3.63) is 24.3 Å². The van der Waals surface area contributed by atoms with Crippen molar-refractivity contribution in [3.8, 4) is 5.75 Å². The molecule has 106 valence electrons. The molecule has 0 saturated heterocycles. The van der Waals surface area contributed by atoms with E-state index in [4.69, 9.17) is 10.5 Å². The number of benzene rings is 1. The predicted octanol–water partition coefficient (Wildman–Crippen LogP) is 1.76. The average molecular weight is 264 g/mol. The molecule has 2 rings (SSSR count). The molecular formula is C15H24N2O2. The van der Waals surface area contributed by atoms with Crippen molar-refractivity contribution in [2.45, 2.75) is 37.3 Å². The van der Waals surface area contributed by atoms with E-state index in [0.29, 0.717) is 12.6 Å². The molecule has 1 aliphatic carbocycles. The SMILES string of the molecule is COc1cccc(N(C)C2CCC(O)(CN)CC2)c1. The lowest BCUT2D eigenvalue weighted by Gasteiger charge is -2.39. The summed E-state index contributed by atoms with van der Waals surface area (Å²) in [4.78, 5) is 2.28. The lowest BCUT2D eigenvalue weighted by Crippen LogP contribution is -2.46. The highest BCUT2D eigenvalue weighted by atomic mass is 16.5. The van der Waals surface area contributed by atoms with Gasteiger partial charge < -0.3 is 20.5 Å². The molecule has 1 saturated carbocycles. The number of hydrogen-bond acceptors (Lipinski definition) is 4. The molecule has 0 aromatic heterocycles. The normalized spacial score (nSPS) is 27.1. The minimum Gasteiger partial charge on any atom is -0.497 e. The number of nitrogens with two attached hydrogens (primary N) is 1. The van der Waals surface area contributed by atoms with Crippen molar-refractivity contribution in [1.82, 2.24) is 0 Å². The molecule has 4 nitrogen and oxygen atoms in total. The fourth-order valence-electron chi connectivity index (χ4n) is 2.77. The molecule has 0 heterocycles. The van der Waals surface area contributed by atoms with E-state index in [1.54, 1.807) is 7.11 Å². The first-order valence-electron chi connectivity index (χ1n) is 6.87. The summed E-state index contributed by atoms with van der Waals surface area (Å²) < 4.78 is 5.26. The maximum absolute atomic E-state index is 10.2. The lowest BCUT2D eigenvalue weighted by atomic mass is 9.81. The number of nitrogens with zero attached hydrogens (tertiary/aromatic N) is 1. The molecule has 1 aromatic rings. The van der Waals surface area contributed by atoms with Gasteiger partial charge in [0.1, 0.15) is 5.75 Å². The third-order valence-corrected chi connectivity index (χ3v) is 4.27. The minimum absolute atomic E-state index is 0.364. The monoisotopic (exact) mass is 264 g/mol. The van der Waals surface area contributed by atoms with Gasteiger partial charge in [-0.05, 0) is 37.8 Å². The molecule has 1 fully saturated rings. The lowest BCUT2D eigenvalue weighted by molar-refractivity contribution is 0.00800. The standard InChI is InChI=1S/C15H24N2O2/c1-17(13-4-3-5-14(10-13)19-2)12-6-8-15(18,11-16)9-7-12/h3-5,10,12,18H,6-9,11,16H2,1-2H3. The van der Waals surface area contributed by atoms with Crippen LogP contribution in [-0.2, 0) is 0 Å². The second kappa shape index (κ2) is 5.80. The van der Waals surface area contributed by atoms with Gasteiger partial charge in [-0.1, -0.05) is 6.07 Å². The first-order valence-corrected chi connectivity index (χ1v) is 6.87. The highest BCUT2D eigenvalue weighted by Gasteiger charge is 2.33. The summed E-state index contributed by atoms with van der Waals surface area (Å²) in [6.45, 7) is 0.364. The van der Waals surface area contributed by atoms with Crippen molar-refractivity contribution < 1.29 is 9.84 Å². The van der Waals surface area contributed by atoms with Crippen LogP contribution in [0.15, 0.2) is 24.3 Å². The summed E-state index contributed by atoms with van der Waals surface area (Å²) in [5.41, 5.74) is 6.14. The van der Waals surface area contributed by atoms with Gasteiger partial charge in [0.05, 0.1) is 12.7 Å². The topological polar surface area (TPSA) is 58.7 Å². The number of hydrogen-bond donors (Lipinski definition) is 2. The summed E-state index contributed by atoms with van der Waals surface area (Å²) in [5.74, 6) is 0.874. The Hall–Kier alpha value is -1.26. The molecule has 0 amide bonds. The molecule has 0 radical (unpaired) electrons. The number of aliphatic hydroxyl groups is 1. The molecule has 1 aliphatic rings. The average Bonchev–Trinajstić information content (AvgIpc) is 2.47. The van der Waals surface area contributed by atoms with Gasteiger partial charge in [-0.2, -0.15) is 0 Å². The van der Waals surface area contributed by atoms with E-state index in [2.05, 4.69) is 18.0 Å². The Morgan fingerprint density at radius 2 is 2.11 bits per heavy atom. The van der Waals surface area contributed by atoms with Gasteiger partial charge in [0.25, 0.3) is 0 Å². The van der Waals surface area contributed by atoms with Crippen LogP contribution in [0.5, 0.6) is 5.75 Å². The van der Waals surface area contributed by atoms with Crippen molar-refractivity contribution in [3.63, 3.8) is 0 Å². The van der Waals surface area contributed by atoms with E-state index in [9.17, 15) is 5.11 Å². The fraction of sp³-hybridized carbons (Fsp3) is 0.600. The fourth-order valence-corrected chi connectivity index (χ4v) is 2.77. The number of methoxy groups -OCH3 is 1. The molecule has 0 spiro atoms. The molecule has 1 aromatic carbocycles. The minimum atomic E-state index is -0.647. The zero-order valence-corrected chi connectivity index (χ0v) is 11.8. The summed E-state index contributed by atoms with van der Waals surface area (Å²) in [6, 6.07) is 8.55. The predicted molar refractivity (Wildman–Crippen MR) is 77.7 cm³/mol. The molecule has 3 N–H and O–H groups in total. The first-order chi connectivity index (χ1) is 9.08. The Bertz CT molecular complexity index is 414. The zero-order valence-electron chi connectivity index (χ0n) is 11.8. The van der Waals surface area contributed by atoms with Crippen molar-refractivity contribution in [2.75, 3.05) is 25.6 Å². The maximum atomic E-state index is 10.2. The van der Waals surface area contributed by atoms with E-state index >= 15 is 0 Å². The Morgan fingerprint density at radius 1 is 1.42 bits per heavy atom. The smallest absolute Gasteiger partial charge is 0.120 e. The van der Waals surface area contributed by atoms with Gasteiger partial charge in [0, 0.05) is 31.4 Å². The van der Waals surface area contributed by atoms with Crippen LogP contribution in [-0.4, -0.2) is 37.5 Å². The number of ether oxygens (including phenoxy) is 1. The third kappa shape index (κ3) is 3.19. The van der Waals surface area contributed by atoms with Gasteiger partial charge >= 0.3 is 0 Å². The van der Waals surface area contributed by atoms with Crippen LogP contribution >= 0.6 is 0 Å². The number of rotatable bonds is 4. The van der Waals surface area contributed by atoms with Crippen LogP contribution in [0.25, 0.3) is 0 Å². The molecule has 0 atom stereocenters. The van der Waals surface area contributed by atoms with Crippen molar-refractivity contribution in [2.24, 2.45) is 5.73 Å². The van der Waals surface area contributed by atoms with Crippen LogP contribution in [0.3, 0.4) is 0 Å². The van der Waals surface area contributed by atoms with Crippen LogP contribution in [0.1, 0.15) is 25.7 Å². The zero-order chi connectivity index (χ0) is 13.9. The third-order valence-electron chi connectivity index (χ3n) is 4.27. The summed E-state index contributed by atoms with van der Waals surface area (Å²) in [5, 5.41) is 10.2. The van der Waals surface area contributed by atoms with E-state index in [-0.39, 0.29) is 0 Å². The van der Waals surface area contributed by atoms with Crippen molar-refractivity contribution in [1.29, 1.82) is 0 Å². The van der Waals surface area contributed by atoms with Crippen LogP contribution < -0.4 is 15.4 Å². The molecular weight excluding hydrogens is 240 g/mol. The second-order valence-electron chi connectivity index (χ2n) is 5.47. The van der Waals surface area contributed by atoms with E-state index in [1.807, 2.05) is 18.2 Å². The highest BCUT2D eigenvalue weighted by molar-refractivity contribution is 5.51. The van der Waals surface area contributed by atoms with E-state index < -0.39 is 5.60 Å². The second-order valence-corrected chi connectivity index (χ2v) is 5.47. The maximum Gasteiger partial charge on any atom is 0.120 e. The largest absolute Gasteiger partial charge is 0.497 e. The summed E-state index contributed by atoms with van der Waals surface area (Å²) in [7, 11) is 3.79. The van der Waals surface area contributed by atoms with Crippen LogP contribution in [0.2, 0.25) is 0 Å². The quantitative estimate of drug-likeness (QED) is 0.870. The van der Waals surface area contributed by atoms with E-state index in [1.165, 1.54) is 0 Å². The van der Waals surface area contributed by atoms with Crippen LogP contribution in [0, 0.1) is 0 Å². The molecule has 0 bridgehead atoms. The van der Waals surface area contributed by atoms with Gasteiger partial charge in [-0.15, -0.1) is 0 Å². The Kier molecular flexibility index (Phi) is 4.32. The Balaban J connectivity index is 2.02. The molecule has 0 aliphatic heterocycles. The van der Waals surface area contributed by atoms with Gasteiger partial charge in [0.2, 0.25) is 0 Å². The Morgan fingerprint density at radius 3 is 2.68 bits per heavy atom. The van der Waals surface area contributed by atoms with Gasteiger partial charge in [0.15, 0.2) is 0 Å². The summed E-state index contributed by atoms with van der Waals surface area (Å²) >= 11 is 0. The van der Waals surface area contributed by atoms with E-state index in [0.717, 1.165) is 37.1 Å². The van der Waals surface area contributed by atoms with Crippen molar-refractivity contribution >= 4 is 5.69 Å². The molecule has 19 heavy (non-hydrogen) atoms. The number of anilines is 1. The molecule has 4 heteroatoms.